The molecule has 1 atom stereocenters. The van der Waals surface area contributed by atoms with Crippen molar-refractivity contribution in [2.75, 3.05) is 14.1 Å². The number of nitrogens with zero attached hydrogens (tertiary/aromatic N) is 2. The minimum absolute atomic E-state index is 0.287. The molecular weight excluding hydrogens is 302 g/mol. The van der Waals surface area contributed by atoms with Crippen LogP contribution in [0.25, 0.3) is 0 Å². The second-order valence-corrected chi connectivity index (χ2v) is 5.90. The average Bonchev–Trinajstić information content (AvgIpc) is 2.48. The molecule has 22 heavy (non-hydrogen) atoms. The Morgan fingerprint density at radius 3 is 2.45 bits per heavy atom. The van der Waals surface area contributed by atoms with Crippen molar-refractivity contribution in [2.24, 2.45) is 0 Å². The number of thiocarbonyl (C=S) groups is 1. The second kappa shape index (κ2) is 6.48. The fourth-order valence-corrected chi connectivity index (χ4v) is 2.49. The Balaban J connectivity index is 2.41. The lowest BCUT2D eigenvalue weighted by atomic mass is 9.90. The zero-order chi connectivity index (χ0) is 16.4. The highest BCUT2D eigenvalue weighted by Crippen LogP contribution is 2.29. The maximum atomic E-state index is 13.9. The van der Waals surface area contributed by atoms with Crippen molar-refractivity contribution in [3.05, 3.63) is 64.5 Å². The van der Waals surface area contributed by atoms with Gasteiger partial charge in [-0.3, -0.25) is 4.98 Å². The molecule has 0 amide bonds. The van der Waals surface area contributed by atoms with Gasteiger partial charge in [-0.2, -0.15) is 0 Å². The van der Waals surface area contributed by atoms with E-state index in [0.717, 1.165) is 23.3 Å². The van der Waals surface area contributed by atoms with Gasteiger partial charge in [0.05, 0.1) is 5.69 Å². The average molecular weight is 320 g/mol. The number of rotatable bonds is 3. The van der Waals surface area contributed by atoms with Crippen LogP contribution in [0.4, 0.5) is 8.78 Å². The number of hydrogen-bond donors (Lipinski definition) is 0. The van der Waals surface area contributed by atoms with Gasteiger partial charge in [-0.15, -0.1) is 0 Å². The van der Waals surface area contributed by atoms with Gasteiger partial charge in [-0.05, 0) is 47.9 Å². The van der Waals surface area contributed by atoms with E-state index in [9.17, 15) is 8.78 Å². The number of aromatic nitrogens is 1. The summed E-state index contributed by atoms with van der Waals surface area (Å²) in [6.07, 6.45) is 1.69. The summed E-state index contributed by atoms with van der Waals surface area (Å²) >= 11 is 5.30. The molecule has 0 aliphatic carbocycles. The minimum atomic E-state index is -0.445. The highest BCUT2D eigenvalue weighted by molar-refractivity contribution is 7.80. The maximum Gasteiger partial charge on any atom is 0.127 e. The number of pyridine rings is 1. The van der Waals surface area contributed by atoms with Crippen LogP contribution in [0, 0.1) is 18.6 Å². The van der Waals surface area contributed by atoms with Crippen LogP contribution in [0.3, 0.4) is 0 Å². The molecule has 0 aliphatic rings. The summed E-state index contributed by atoms with van der Waals surface area (Å²) in [5.74, 6) is -1.15. The second-order valence-electron chi connectivity index (χ2n) is 5.51. The van der Waals surface area contributed by atoms with Crippen LogP contribution in [0.5, 0.6) is 0 Å². The summed E-state index contributed by atoms with van der Waals surface area (Å²) in [5.41, 5.74) is 2.83. The third-order valence-corrected chi connectivity index (χ3v) is 4.24. The molecule has 1 unspecified atom stereocenters. The third-order valence-electron chi connectivity index (χ3n) is 3.67. The quantitative estimate of drug-likeness (QED) is 0.794. The molecule has 1 aromatic carbocycles. The Kier molecular flexibility index (Phi) is 4.86. The van der Waals surface area contributed by atoms with E-state index >= 15 is 0 Å². The number of aryl methyl sites for hydroxylation is 1. The van der Waals surface area contributed by atoms with E-state index in [2.05, 4.69) is 4.98 Å². The number of halogens is 2. The standard InChI is InChI=1S/C17H18F2N2S/c1-10-7-16(17(22)21(3)4)20-9-14(10)11(2)13-8-12(18)5-6-15(13)19/h5-9,11H,1-4H3. The van der Waals surface area contributed by atoms with Crippen molar-refractivity contribution in [1.82, 2.24) is 9.88 Å². The third kappa shape index (κ3) is 3.30. The Morgan fingerprint density at radius 1 is 1.18 bits per heavy atom. The first kappa shape index (κ1) is 16.5. The Morgan fingerprint density at radius 2 is 1.86 bits per heavy atom. The summed E-state index contributed by atoms with van der Waals surface area (Å²) in [6, 6.07) is 5.39. The lowest BCUT2D eigenvalue weighted by molar-refractivity contribution is 0.579. The summed E-state index contributed by atoms with van der Waals surface area (Å²) in [7, 11) is 3.72. The lowest BCUT2D eigenvalue weighted by Crippen LogP contribution is -2.22. The Hall–Kier alpha value is -1.88. The van der Waals surface area contributed by atoms with Crippen LogP contribution < -0.4 is 0 Å². The van der Waals surface area contributed by atoms with Gasteiger partial charge in [0.1, 0.15) is 16.6 Å². The summed E-state index contributed by atoms with van der Waals surface area (Å²) in [5, 5.41) is 0. The van der Waals surface area contributed by atoms with Gasteiger partial charge < -0.3 is 4.90 Å². The summed E-state index contributed by atoms with van der Waals surface area (Å²) in [6.45, 7) is 3.76. The first-order chi connectivity index (χ1) is 10.3. The van der Waals surface area contributed by atoms with Crippen molar-refractivity contribution in [3.63, 3.8) is 0 Å². The predicted molar refractivity (Wildman–Crippen MR) is 88.2 cm³/mol. The van der Waals surface area contributed by atoms with Crippen molar-refractivity contribution >= 4 is 17.2 Å². The molecule has 0 saturated carbocycles. The van der Waals surface area contributed by atoms with E-state index in [0.29, 0.717) is 16.2 Å². The molecule has 0 fully saturated rings. The highest BCUT2D eigenvalue weighted by atomic mass is 32.1. The fourth-order valence-electron chi connectivity index (χ4n) is 2.38. The molecule has 2 aromatic rings. The van der Waals surface area contributed by atoms with Gasteiger partial charge in [-0.25, -0.2) is 8.78 Å². The lowest BCUT2D eigenvalue weighted by Gasteiger charge is -2.18. The molecular formula is C17H18F2N2S. The zero-order valence-corrected chi connectivity index (χ0v) is 13.8. The molecule has 0 radical (unpaired) electrons. The van der Waals surface area contributed by atoms with Gasteiger partial charge in [0.2, 0.25) is 0 Å². The van der Waals surface area contributed by atoms with Crippen LogP contribution in [-0.4, -0.2) is 29.0 Å². The van der Waals surface area contributed by atoms with Crippen molar-refractivity contribution < 1.29 is 8.78 Å². The van der Waals surface area contributed by atoms with Gasteiger partial charge in [0, 0.05) is 26.2 Å². The van der Waals surface area contributed by atoms with E-state index in [1.165, 1.54) is 6.07 Å². The van der Waals surface area contributed by atoms with Crippen molar-refractivity contribution in [3.8, 4) is 0 Å². The van der Waals surface area contributed by atoms with Crippen LogP contribution in [-0.2, 0) is 0 Å². The van der Waals surface area contributed by atoms with Gasteiger partial charge >= 0.3 is 0 Å². The smallest absolute Gasteiger partial charge is 0.127 e. The fraction of sp³-hybridized carbons (Fsp3) is 0.294. The first-order valence-electron chi connectivity index (χ1n) is 6.94. The van der Waals surface area contributed by atoms with Gasteiger partial charge in [0.25, 0.3) is 0 Å². The largest absolute Gasteiger partial charge is 0.367 e. The molecule has 0 aliphatic heterocycles. The van der Waals surface area contributed by atoms with E-state index in [-0.39, 0.29) is 5.92 Å². The molecule has 0 spiro atoms. The topological polar surface area (TPSA) is 16.1 Å². The van der Waals surface area contributed by atoms with Crippen LogP contribution in [0.1, 0.15) is 35.2 Å². The number of hydrogen-bond acceptors (Lipinski definition) is 2. The molecule has 2 rings (SSSR count). The molecule has 0 saturated heterocycles. The monoisotopic (exact) mass is 320 g/mol. The summed E-state index contributed by atoms with van der Waals surface area (Å²) in [4.78, 5) is 6.81. The number of benzene rings is 1. The first-order valence-corrected chi connectivity index (χ1v) is 7.35. The molecule has 1 aromatic heterocycles. The van der Waals surface area contributed by atoms with E-state index in [1.807, 2.05) is 38.9 Å². The van der Waals surface area contributed by atoms with E-state index < -0.39 is 11.6 Å². The van der Waals surface area contributed by atoms with E-state index in [1.54, 1.807) is 6.20 Å². The Labute approximate surface area is 134 Å². The van der Waals surface area contributed by atoms with Gasteiger partial charge in [0.15, 0.2) is 0 Å². The molecule has 116 valence electrons. The molecule has 1 heterocycles. The normalized spacial score (nSPS) is 12.1. The molecule has 0 bridgehead atoms. The molecule has 5 heteroatoms. The maximum absolute atomic E-state index is 13.9. The van der Waals surface area contributed by atoms with E-state index in [4.69, 9.17) is 12.2 Å². The van der Waals surface area contributed by atoms with Crippen molar-refractivity contribution in [2.45, 2.75) is 19.8 Å². The van der Waals surface area contributed by atoms with Crippen LogP contribution >= 0.6 is 12.2 Å². The summed E-state index contributed by atoms with van der Waals surface area (Å²) < 4.78 is 27.3. The van der Waals surface area contributed by atoms with Crippen LogP contribution in [0.2, 0.25) is 0 Å². The minimum Gasteiger partial charge on any atom is -0.367 e. The van der Waals surface area contributed by atoms with Crippen molar-refractivity contribution in [1.29, 1.82) is 0 Å². The Bertz CT molecular complexity index is 714. The zero-order valence-electron chi connectivity index (χ0n) is 13.0. The van der Waals surface area contributed by atoms with Crippen LogP contribution in [0.15, 0.2) is 30.5 Å². The highest BCUT2D eigenvalue weighted by Gasteiger charge is 2.17. The SMILES string of the molecule is Cc1cc(C(=S)N(C)C)ncc1C(C)c1cc(F)ccc1F. The molecule has 0 N–H and O–H groups in total. The predicted octanol–water partition coefficient (Wildman–Crippen LogP) is 4.06. The molecule has 2 nitrogen and oxygen atoms in total. The van der Waals surface area contributed by atoms with Gasteiger partial charge in [-0.1, -0.05) is 19.1 Å².